The second kappa shape index (κ2) is 2.34. The Labute approximate surface area is 65.1 Å². The molecule has 1 aliphatic carbocycles. The number of nitrogens with one attached hydrogen (secondary N) is 1. The topological polar surface area (TPSA) is 49.3 Å². The van der Waals surface area contributed by atoms with Gasteiger partial charge in [0.1, 0.15) is 6.04 Å². The summed E-state index contributed by atoms with van der Waals surface area (Å²) in [5.74, 6) is -0.177. The van der Waals surface area contributed by atoms with Crippen molar-refractivity contribution < 1.29 is 9.90 Å². The number of hydrogen-bond donors (Lipinski definition) is 2. The predicted octanol–water partition coefficient (Wildman–Crippen LogP) is 0.378. The number of carboxylic acids is 1. The maximum Gasteiger partial charge on any atom is 0.320 e. The van der Waals surface area contributed by atoms with Crippen LogP contribution in [0.3, 0.4) is 0 Å². The molecule has 0 radical (unpaired) electrons. The van der Waals surface area contributed by atoms with Gasteiger partial charge in [0.25, 0.3) is 0 Å². The summed E-state index contributed by atoms with van der Waals surface area (Å²) in [6.45, 7) is 0. The van der Waals surface area contributed by atoms with Crippen LogP contribution in [0.4, 0.5) is 0 Å². The zero-order chi connectivity index (χ0) is 7.84. The Kier molecular flexibility index (Phi) is 1.46. The number of carbonyl (C=O) groups is 1. The van der Waals surface area contributed by atoms with Gasteiger partial charge in [-0.15, -0.1) is 0 Å². The third-order valence-corrected chi connectivity index (χ3v) is 2.52. The standard InChI is InChI=1S/C8H11NO2/c10-8(11)7-4-5-2-1-3-6(5)9-7/h1,3,5-7,9H,2,4H2,(H,10,11)/t5-,6+,7-/m0/s1. The van der Waals surface area contributed by atoms with Crippen LogP contribution in [0, 0.1) is 5.92 Å². The van der Waals surface area contributed by atoms with Gasteiger partial charge in [-0.3, -0.25) is 10.1 Å². The Balaban J connectivity index is 2.04. The first kappa shape index (κ1) is 6.85. The highest BCUT2D eigenvalue weighted by Crippen LogP contribution is 2.29. The number of fused-ring (bicyclic) bond motifs is 1. The van der Waals surface area contributed by atoms with Crippen molar-refractivity contribution in [3.63, 3.8) is 0 Å². The van der Waals surface area contributed by atoms with Crippen LogP contribution in [0.5, 0.6) is 0 Å². The van der Waals surface area contributed by atoms with Crippen molar-refractivity contribution in [2.24, 2.45) is 5.92 Å². The molecule has 2 N–H and O–H groups in total. The first-order valence-electron chi connectivity index (χ1n) is 3.93. The molecule has 1 saturated heterocycles. The SMILES string of the molecule is O=C(O)[C@@H]1C[C@@H]2CC=C[C@H]2N1. The van der Waals surface area contributed by atoms with E-state index in [0.717, 1.165) is 12.8 Å². The van der Waals surface area contributed by atoms with Crippen LogP contribution in [0.1, 0.15) is 12.8 Å². The van der Waals surface area contributed by atoms with Gasteiger partial charge in [-0.1, -0.05) is 12.2 Å². The van der Waals surface area contributed by atoms with E-state index in [1.165, 1.54) is 0 Å². The largest absolute Gasteiger partial charge is 0.480 e. The number of carboxylic acid groups (broad SMARTS) is 1. The van der Waals surface area contributed by atoms with Gasteiger partial charge in [0, 0.05) is 6.04 Å². The zero-order valence-corrected chi connectivity index (χ0v) is 6.16. The van der Waals surface area contributed by atoms with E-state index in [1.54, 1.807) is 0 Å². The molecule has 3 nitrogen and oxygen atoms in total. The minimum absolute atomic E-state index is 0.310. The molecule has 3 heteroatoms. The molecule has 11 heavy (non-hydrogen) atoms. The Bertz CT molecular complexity index is 212. The van der Waals surface area contributed by atoms with Crippen LogP contribution in [-0.4, -0.2) is 23.2 Å². The fourth-order valence-electron chi connectivity index (χ4n) is 1.91. The molecule has 0 aromatic heterocycles. The lowest BCUT2D eigenvalue weighted by Gasteiger charge is -2.05. The Morgan fingerprint density at radius 1 is 1.64 bits per heavy atom. The normalized spacial score (nSPS) is 40.9. The minimum atomic E-state index is -0.715. The zero-order valence-electron chi connectivity index (χ0n) is 6.16. The summed E-state index contributed by atoms with van der Waals surface area (Å²) >= 11 is 0. The summed E-state index contributed by atoms with van der Waals surface area (Å²) in [4.78, 5) is 10.5. The van der Waals surface area contributed by atoms with Crippen LogP contribution in [0.15, 0.2) is 12.2 Å². The van der Waals surface area contributed by atoms with Crippen LogP contribution in [-0.2, 0) is 4.79 Å². The van der Waals surface area contributed by atoms with Gasteiger partial charge in [-0.05, 0) is 18.8 Å². The number of aliphatic carboxylic acids is 1. The first-order chi connectivity index (χ1) is 5.27. The van der Waals surface area contributed by atoms with E-state index in [-0.39, 0.29) is 6.04 Å². The van der Waals surface area contributed by atoms with E-state index < -0.39 is 5.97 Å². The van der Waals surface area contributed by atoms with Crippen molar-refractivity contribution in [2.75, 3.05) is 0 Å². The summed E-state index contributed by atoms with van der Waals surface area (Å²) in [5, 5.41) is 11.7. The van der Waals surface area contributed by atoms with Crippen LogP contribution >= 0.6 is 0 Å². The molecular weight excluding hydrogens is 142 g/mol. The average molecular weight is 153 g/mol. The average Bonchev–Trinajstić information content (AvgIpc) is 2.40. The van der Waals surface area contributed by atoms with Crippen LogP contribution in [0.25, 0.3) is 0 Å². The van der Waals surface area contributed by atoms with E-state index in [4.69, 9.17) is 5.11 Å². The molecule has 0 bridgehead atoms. The van der Waals surface area contributed by atoms with Crippen molar-refractivity contribution in [2.45, 2.75) is 24.9 Å². The van der Waals surface area contributed by atoms with Crippen molar-refractivity contribution in [1.82, 2.24) is 5.32 Å². The van der Waals surface area contributed by atoms with Gasteiger partial charge in [-0.2, -0.15) is 0 Å². The lowest BCUT2D eigenvalue weighted by atomic mass is 10.0. The maximum absolute atomic E-state index is 10.5. The van der Waals surface area contributed by atoms with Gasteiger partial charge in [0.2, 0.25) is 0 Å². The van der Waals surface area contributed by atoms with E-state index in [2.05, 4.69) is 17.5 Å². The van der Waals surface area contributed by atoms with Crippen molar-refractivity contribution in [3.8, 4) is 0 Å². The van der Waals surface area contributed by atoms with Gasteiger partial charge in [0.15, 0.2) is 0 Å². The molecule has 1 heterocycles. The number of hydrogen-bond acceptors (Lipinski definition) is 2. The molecule has 2 rings (SSSR count). The monoisotopic (exact) mass is 153 g/mol. The Hall–Kier alpha value is -0.830. The predicted molar refractivity (Wildman–Crippen MR) is 40.2 cm³/mol. The van der Waals surface area contributed by atoms with E-state index in [1.807, 2.05) is 0 Å². The highest BCUT2D eigenvalue weighted by Gasteiger charge is 2.37. The highest BCUT2D eigenvalue weighted by atomic mass is 16.4. The molecule has 0 saturated carbocycles. The molecule has 0 amide bonds. The van der Waals surface area contributed by atoms with Crippen LogP contribution < -0.4 is 5.32 Å². The van der Waals surface area contributed by atoms with Gasteiger partial charge in [-0.25, -0.2) is 0 Å². The third kappa shape index (κ3) is 1.05. The van der Waals surface area contributed by atoms with Crippen molar-refractivity contribution >= 4 is 5.97 Å². The maximum atomic E-state index is 10.5. The summed E-state index contributed by atoms with van der Waals surface area (Å²) in [7, 11) is 0. The minimum Gasteiger partial charge on any atom is -0.480 e. The first-order valence-corrected chi connectivity index (χ1v) is 3.93. The second-order valence-electron chi connectivity index (χ2n) is 3.24. The van der Waals surface area contributed by atoms with Crippen molar-refractivity contribution in [3.05, 3.63) is 12.2 Å². The lowest BCUT2D eigenvalue weighted by Crippen LogP contribution is -2.34. The summed E-state index contributed by atoms with van der Waals surface area (Å²) < 4.78 is 0. The molecule has 0 spiro atoms. The summed E-state index contributed by atoms with van der Waals surface area (Å²) in [5.41, 5.74) is 0. The molecule has 0 aromatic rings. The van der Waals surface area contributed by atoms with Crippen LogP contribution in [0.2, 0.25) is 0 Å². The third-order valence-electron chi connectivity index (χ3n) is 2.52. The van der Waals surface area contributed by atoms with Gasteiger partial charge >= 0.3 is 5.97 Å². The fourth-order valence-corrected chi connectivity index (χ4v) is 1.91. The molecule has 2 aliphatic rings. The number of rotatable bonds is 1. The smallest absolute Gasteiger partial charge is 0.320 e. The van der Waals surface area contributed by atoms with E-state index in [9.17, 15) is 4.79 Å². The quantitative estimate of drug-likeness (QED) is 0.535. The molecule has 60 valence electrons. The molecule has 3 atom stereocenters. The lowest BCUT2D eigenvalue weighted by molar-refractivity contribution is -0.139. The Morgan fingerprint density at radius 3 is 3.09 bits per heavy atom. The summed E-state index contributed by atoms with van der Waals surface area (Å²) in [6.07, 6.45) is 6.03. The second-order valence-corrected chi connectivity index (χ2v) is 3.24. The highest BCUT2D eigenvalue weighted by molar-refractivity contribution is 5.74. The molecular formula is C8H11NO2. The molecule has 0 aromatic carbocycles. The van der Waals surface area contributed by atoms with Gasteiger partial charge < -0.3 is 5.11 Å². The molecule has 0 unspecified atom stereocenters. The van der Waals surface area contributed by atoms with E-state index in [0.29, 0.717) is 12.0 Å². The van der Waals surface area contributed by atoms with E-state index >= 15 is 0 Å². The van der Waals surface area contributed by atoms with Gasteiger partial charge in [0.05, 0.1) is 0 Å². The summed E-state index contributed by atoms with van der Waals surface area (Å²) in [6, 6.07) is 0.0195. The van der Waals surface area contributed by atoms with Crippen molar-refractivity contribution in [1.29, 1.82) is 0 Å². The number of allylic oxidation sites excluding steroid dienone is 1. The fraction of sp³-hybridized carbons (Fsp3) is 0.625. The molecule has 1 aliphatic heterocycles. The molecule has 1 fully saturated rings. The Morgan fingerprint density at radius 2 is 2.45 bits per heavy atom.